The van der Waals surface area contributed by atoms with E-state index in [1.165, 1.54) is 6.07 Å². The van der Waals surface area contributed by atoms with Gasteiger partial charge in [0.2, 0.25) is 5.75 Å². The second-order valence-corrected chi connectivity index (χ2v) is 3.09. The molecule has 8 heteroatoms. The maximum atomic E-state index is 10.8. The first-order chi connectivity index (χ1) is 8.51. The van der Waals surface area contributed by atoms with Crippen LogP contribution in [0, 0.1) is 10.1 Å². The number of carboxylic acids is 1. The molecule has 0 heterocycles. The van der Waals surface area contributed by atoms with Gasteiger partial charge in [0.25, 0.3) is 0 Å². The zero-order valence-electron chi connectivity index (χ0n) is 9.28. The molecule has 0 fully saturated rings. The summed E-state index contributed by atoms with van der Waals surface area (Å²) in [6.07, 6.45) is 0.307. The van der Waals surface area contributed by atoms with Crippen molar-refractivity contribution >= 4 is 17.9 Å². The molecule has 0 bridgehead atoms. The fraction of sp³-hybridized carbons (Fsp3) is 0.200. The maximum Gasteiger partial charge on any atom is 0.341 e. The Morgan fingerprint density at radius 1 is 1.56 bits per heavy atom. The molecule has 0 saturated carbocycles. The second-order valence-electron chi connectivity index (χ2n) is 3.09. The van der Waals surface area contributed by atoms with Crippen molar-refractivity contribution in [3.8, 4) is 11.5 Å². The van der Waals surface area contributed by atoms with Crippen LogP contribution in [0.15, 0.2) is 12.1 Å². The minimum atomic E-state index is -1.24. The third kappa shape index (κ3) is 2.73. The van der Waals surface area contributed by atoms with Crippen LogP contribution in [0.5, 0.6) is 11.5 Å². The summed E-state index contributed by atoms with van der Waals surface area (Å²) < 4.78 is 9.63. The lowest BCUT2D eigenvalue weighted by atomic mass is 10.1. The third-order valence-corrected chi connectivity index (χ3v) is 1.99. The number of benzene rings is 1. The number of carbonyl (C=O) groups excluding carboxylic acids is 1. The fourth-order valence-corrected chi connectivity index (χ4v) is 1.30. The van der Waals surface area contributed by atoms with Crippen LogP contribution in [0.25, 0.3) is 0 Å². The number of nitro groups is 1. The summed E-state index contributed by atoms with van der Waals surface area (Å²) in [5.74, 6) is -1.64. The minimum absolute atomic E-state index is 0.114. The van der Waals surface area contributed by atoms with Crippen LogP contribution in [0.1, 0.15) is 10.4 Å². The highest BCUT2D eigenvalue weighted by Crippen LogP contribution is 2.38. The molecule has 18 heavy (non-hydrogen) atoms. The van der Waals surface area contributed by atoms with E-state index in [-0.39, 0.29) is 17.1 Å². The summed E-state index contributed by atoms with van der Waals surface area (Å²) >= 11 is 0. The number of aliphatic carboxylic acids is 1. The number of nitrogens with zero attached hydrogens (tertiary/aromatic N) is 1. The van der Waals surface area contributed by atoms with Gasteiger partial charge in [-0.25, -0.2) is 4.79 Å². The lowest BCUT2D eigenvalue weighted by molar-refractivity contribution is -0.386. The average Bonchev–Trinajstić information content (AvgIpc) is 2.34. The molecule has 0 unspecified atom stereocenters. The molecule has 96 valence electrons. The summed E-state index contributed by atoms with van der Waals surface area (Å²) in [4.78, 5) is 31.1. The summed E-state index contributed by atoms with van der Waals surface area (Å²) in [5.41, 5.74) is -0.741. The predicted octanol–water partition coefficient (Wildman–Crippen LogP) is 0.879. The molecule has 0 radical (unpaired) electrons. The number of hydrogen-bond acceptors (Lipinski definition) is 6. The van der Waals surface area contributed by atoms with Crippen molar-refractivity contribution in [1.29, 1.82) is 0 Å². The van der Waals surface area contributed by atoms with Gasteiger partial charge in [-0.2, -0.15) is 0 Å². The highest BCUT2D eigenvalue weighted by molar-refractivity contribution is 5.85. The molecule has 0 amide bonds. The van der Waals surface area contributed by atoms with Crippen molar-refractivity contribution in [2.45, 2.75) is 0 Å². The molecule has 0 aliphatic heterocycles. The van der Waals surface area contributed by atoms with Crippen LogP contribution in [-0.2, 0) is 4.79 Å². The lowest BCUT2D eigenvalue weighted by Crippen LogP contribution is -2.11. The van der Waals surface area contributed by atoms with Gasteiger partial charge in [0.15, 0.2) is 18.6 Å². The Kier molecular flexibility index (Phi) is 4.19. The summed E-state index contributed by atoms with van der Waals surface area (Å²) in [6.45, 7) is -0.673. The molecule has 0 spiro atoms. The summed E-state index contributed by atoms with van der Waals surface area (Å²) in [7, 11) is 1.16. The van der Waals surface area contributed by atoms with E-state index in [9.17, 15) is 19.7 Å². The summed E-state index contributed by atoms with van der Waals surface area (Å²) in [6, 6.07) is 2.39. The SMILES string of the molecule is COc1c(OCC(=O)O)ccc(C=O)c1[N+](=O)[O-]. The number of carbonyl (C=O) groups is 2. The molecule has 0 aromatic heterocycles. The number of aldehydes is 1. The molecule has 8 nitrogen and oxygen atoms in total. The molecule has 1 aromatic rings. The molecular weight excluding hydrogens is 246 g/mol. The highest BCUT2D eigenvalue weighted by atomic mass is 16.6. The third-order valence-electron chi connectivity index (χ3n) is 1.99. The van der Waals surface area contributed by atoms with E-state index in [0.29, 0.717) is 6.29 Å². The van der Waals surface area contributed by atoms with Crippen molar-refractivity contribution in [2.75, 3.05) is 13.7 Å². The summed E-state index contributed by atoms with van der Waals surface area (Å²) in [5, 5.41) is 19.3. The first-order valence-corrected chi connectivity index (χ1v) is 4.66. The standard InChI is InChI=1S/C10H9NO7/c1-17-10-7(18-5-8(13)14)3-2-6(4-12)9(10)11(15)16/h2-4H,5H2,1H3,(H,13,14). The van der Waals surface area contributed by atoms with E-state index < -0.39 is 23.2 Å². The van der Waals surface area contributed by atoms with E-state index in [4.69, 9.17) is 14.6 Å². The zero-order valence-corrected chi connectivity index (χ0v) is 9.28. The van der Waals surface area contributed by atoms with Gasteiger partial charge in [-0.3, -0.25) is 14.9 Å². The molecule has 1 N–H and O–H groups in total. The van der Waals surface area contributed by atoms with Crippen LogP contribution < -0.4 is 9.47 Å². The molecule has 0 aliphatic carbocycles. The van der Waals surface area contributed by atoms with Crippen LogP contribution >= 0.6 is 0 Å². The molecule has 1 rings (SSSR count). The smallest absolute Gasteiger partial charge is 0.341 e. The Labute approximate surface area is 101 Å². The fourth-order valence-electron chi connectivity index (χ4n) is 1.30. The minimum Gasteiger partial charge on any atom is -0.488 e. The average molecular weight is 255 g/mol. The zero-order chi connectivity index (χ0) is 13.7. The van der Waals surface area contributed by atoms with Gasteiger partial charge in [-0.1, -0.05) is 0 Å². The number of rotatable bonds is 6. The number of hydrogen-bond donors (Lipinski definition) is 1. The Morgan fingerprint density at radius 3 is 2.67 bits per heavy atom. The van der Waals surface area contributed by atoms with Crippen LogP contribution in [0.2, 0.25) is 0 Å². The van der Waals surface area contributed by atoms with Crippen LogP contribution in [0.4, 0.5) is 5.69 Å². The number of carboxylic acid groups (broad SMARTS) is 1. The quantitative estimate of drug-likeness (QED) is 0.455. The van der Waals surface area contributed by atoms with E-state index in [1.807, 2.05) is 0 Å². The van der Waals surface area contributed by atoms with Crippen molar-refractivity contribution < 1.29 is 29.1 Å². The highest BCUT2D eigenvalue weighted by Gasteiger charge is 2.25. The van der Waals surface area contributed by atoms with Gasteiger partial charge in [0.1, 0.15) is 0 Å². The van der Waals surface area contributed by atoms with Crippen LogP contribution in [0.3, 0.4) is 0 Å². The predicted molar refractivity (Wildman–Crippen MR) is 58.2 cm³/mol. The van der Waals surface area contributed by atoms with Gasteiger partial charge < -0.3 is 14.6 Å². The van der Waals surface area contributed by atoms with Crippen molar-refractivity contribution in [1.82, 2.24) is 0 Å². The Morgan fingerprint density at radius 2 is 2.22 bits per heavy atom. The van der Waals surface area contributed by atoms with E-state index in [2.05, 4.69) is 0 Å². The first-order valence-electron chi connectivity index (χ1n) is 4.66. The normalized spacial score (nSPS) is 9.61. The van der Waals surface area contributed by atoms with E-state index in [0.717, 1.165) is 13.2 Å². The van der Waals surface area contributed by atoms with Gasteiger partial charge in [-0.05, 0) is 12.1 Å². The van der Waals surface area contributed by atoms with Gasteiger partial charge >= 0.3 is 11.7 Å². The molecule has 1 aromatic carbocycles. The molecule has 0 atom stereocenters. The Hall–Kier alpha value is -2.64. The molecule has 0 saturated heterocycles. The second kappa shape index (κ2) is 5.62. The largest absolute Gasteiger partial charge is 0.488 e. The molecule has 0 aliphatic rings. The Bertz CT molecular complexity index is 497. The number of methoxy groups -OCH3 is 1. The van der Waals surface area contributed by atoms with Gasteiger partial charge in [0, 0.05) is 0 Å². The molecular formula is C10H9NO7. The van der Waals surface area contributed by atoms with Crippen molar-refractivity contribution in [3.05, 3.63) is 27.8 Å². The van der Waals surface area contributed by atoms with Crippen molar-refractivity contribution in [3.63, 3.8) is 0 Å². The van der Waals surface area contributed by atoms with Crippen LogP contribution in [-0.4, -0.2) is 36.0 Å². The topological polar surface area (TPSA) is 116 Å². The Balaban J connectivity index is 3.28. The number of ether oxygens (including phenoxy) is 2. The van der Waals surface area contributed by atoms with Crippen molar-refractivity contribution in [2.24, 2.45) is 0 Å². The van der Waals surface area contributed by atoms with Gasteiger partial charge in [-0.15, -0.1) is 0 Å². The maximum absolute atomic E-state index is 10.8. The van der Waals surface area contributed by atoms with Gasteiger partial charge in [0.05, 0.1) is 17.6 Å². The lowest BCUT2D eigenvalue weighted by Gasteiger charge is -2.10. The van der Waals surface area contributed by atoms with E-state index >= 15 is 0 Å². The first kappa shape index (κ1) is 13.4. The van der Waals surface area contributed by atoms with E-state index in [1.54, 1.807) is 0 Å². The number of nitro benzene ring substituents is 1. The monoisotopic (exact) mass is 255 g/mol.